The van der Waals surface area contributed by atoms with Gasteiger partial charge in [-0.3, -0.25) is 0 Å². The van der Waals surface area contributed by atoms with Gasteiger partial charge in [0, 0.05) is 13.1 Å². The second-order valence-electron chi connectivity index (χ2n) is 2.26. The first-order valence-electron chi connectivity index (χ1n) is 3.22. The second-order valence-corrected chi connectivity index (χ2v) is 2.26. The maximum absolute atomic E-state index is 5.37. The largest absolute Gasteiger partial charge is 0.483 e. The van der Waals surface area contributed by atoms with Gasteiger partial charge in [0.25, 0.3) is 0 Å². The number of ether oxygens (including phenoxy) is 1. The third-order valence-corrected chi connectivity index (χ3v) is 1.46. The van der Waals surface area contributed by atoms with Crippen LogP contribution in [0, 0.1) is 0 Å². The van der Waals surface area contributed by atoms with Crippen LogP contribution in [0.15, 0.2) is 17.0 Å². The Balaban J connectivity index is 1.90. The molecule has 4 nitrogen and oxygen atoms in total. The summed E-state index contributed by atoms with van der Waals surface area (Å²) < 4.78 is 9.96. The smallest absolute Gasteiger partial charge is 0.179 e. The van der Waals surface area contributed by atoms with Crippen LogP contribution in [0.5, 0.6) is 5.75 Å². The molecule has 2 heterocycles. The standard InChI is InChI=1S/C6H8N2O2/c1-5(2-7-1)10-6-3-8-9-4-6/h3-5,7H,1-2H2. The molecule has 1 aliphatic heterocycles. The Hall–Kier alpha value is -1.03. The van der Waals surface area contributed by atoms with Gasteiger partial charge in [0.05, 0.1) is 0 Å². The van der Waals surface area contributed by atoms with E-state index in [4.69, 9.17) is 4.74 Å². The van der Waals surface area contributed by atoms with Crippen LogP contribution in [0.25, 0.3) is 0 Å². The molecule has 1 N–H and O–H groups in total. The van der Waals surface area contributed by atoms with E-state index in [1.54, 1.807) is 6.20 Å². The molecule has 0 bridgehead atoms. The summed E-state index contributed by atoms with van der Waals surface area (Å²) in [6.45, 7) is 1.84. The highest BCUT2D eigenvalue weighted by Crippen LogP contribution is 2.11. The van der Waals surface area contributed by atoms with Crippen LogP contribution in [0.3, 0.4) is 0 Å². The summed E-state index contributed by atoms with van der Waals surface area (Å²) in [4.78, 5) is 0. The molecular weight excluding hydrogens is 132 g/mol. The SMILES string of the molecule is c1nocc1OC1CNC1. The molecule has 0 unspecified atom stereocenters. The predicted molar refractivity (Wildman–Crippen MR) is 33.8 cm³/mol. The zero-order valence-electron chi connectivity index (χ0n) is 5.41. The number of rotatable bonds is 2. The van der Waals surface area contributed by atoms with E-state index < -0.39 is 0 Å². The minimum atomic E-state index is 0.305. The Kier molecular flexibility index (Phi) is 1.32. The van der Waals surface area contributed by atoms with Crippen LogP contribution in [-0.4, -0.2) is 24.4 Å². The summed E-state index contributed by atoms with van der Waals surface area (Å²) in [7, 11) is 0. The molecule has 0 aromatic carbocycles. The minimum absolute atomic E-state index is 0.305. The molecule has 1 aromatic rings. The van der Waals surface area contributed by atoms with E-state index in [9.17, 15) is 0 Å². The van der Waals surface area contributed by atoms with Gasteiger partial charge < -0.3 is 14.6 Å². The highest BCUT2D eigenvalue weighted by molar-refractivity contribution is 5.09. The van der Waals surface area contributed by atoms with Gasteiger partial charge in [-0.05, 0) is 0 Å². The Morgan fingerprint density at radius 1 is 1.70 bits per heavy atom. The average Bonchev–Trinajstić information content (AvgIpc) is 2.29. The molecule has 0 atom stereocenters. The first-order chi connectivity index (χ1) is 4.95. The Morgan fingerprint density at radius 2 is 2.60 bits per heavy atom. The van der Waals surface area contributed by atoms with Crippen LogP contribution < -0.4 is 10.1 Å². The maximum Gasteiger partial charge on any atom is 0.179 e. The van der Waals surface area contributed by atoms with Crippen LogP contribution in [-0.2, 0) is 0 Å². The Morgan fingerprint density at radius 3 is 3.10 bits per heavy atom. The predicted octanol–water partition coefficient (Wildman–Crippen LogP) is 0.0252. The van der Waals surface area contributed by atoms with Crippen molar-refractivity contribution < 1.29 is 9.26 Å². The van der Waals surface area contributed by atoms with Crippen molar-refractivity contribution in [3.63, 3.8) is 0 Å². The first kappa shape index (κ1) is 5.73. The number of hydrogen-bond acceptors (Lipinski definition) is 4. The fourth-order valence-corrected chi connectivity index (χ4v) is 0.791. The average molecular weight is 140 g/mol. The summed E-state index contributed by atoms with van der Waals surface area (Å²) in [5, 5.41) is 6.61. The normalized spacial score (nSPS) is 18.4. The topological polar surface area (TPSA) is 47.3 Å². The molecular formula is C6H8N2O2. The van der Waals surface area contributed by atoms with E-state index >= 15 is 0 Å². The molecule has 2 rings (SSSR count). The van der Waals surface area contributed by atoms with Gasteiger partial charge in [0.1, 0.15) is 12.3 Å². The fourth-order valence-electron chi connectivity index (χ4n) is 0.791. The van der Waals surface area contributed by atoms with Crippen LogP contribution in [0.1, 0.15) is 0 Å². The molecule has 1 aliphatic rings. The second kappa shape index (κ2) is 2.30. The lowest BCUT2D eigenvalue weighted by Gasteiger charge is -2.26. The lowest BCUT2D eigenvalue weighted by Crippen LogP contribution is -2.50. The van der Waals surface area contributed by atoms with Crippen molar-refractivity contribution in [2.24, 2.45) is 0 Å². The van der Waals surface area contributed by atoms with Gasteiger partial charge >= 0.3 is 0 Å². The number of hydrogen-bond donors (Lipinski definition) is 1. The zero-order valence-corrected chi connectivity index (χ0v) is 5.41. The Labute approximate surface area is 58.1 Å². The minimum Gasteiger partial charge on any atom is -0.483 e. The number of aromatic nitrogens is 1. The summed E-state index contributed by atoms with van der Waals surface area (Å²) in [6, 6.07) is 0. The van der Waals surface area contributed by atoms with E-state index in [0.29, 0.717) is 11.9 Å². The van der Waals surface area contributed by atoms with Crippen molar-refractivity contribution in [1.82, 2.24) is 10.5 Å². The first-order valence-corrected chi connectivity index (χ1v) is 3.22. The Bertz CT molecular complexity index is 194. The molecule has 1 aromatic heterocycles. The molecule has 0 aliphatic carbocycles. The summed E-state index contributed by atoms with van der Waals surface area (Å²) in [5.41, 5.74) is 0. The number of nitrogens with zero attached hydrogens (tertiary/aromatic N) is 1. The van der Waals surface area contributed by atoms with Gasteiger partial charge in [-0.1, -0.05) is 5.16 Å². The van der Waals surface area contributed by atoms with Crippen LogP contribution in [0.2, 0.25) is 0 Å². The summed E-state index contributed by atoms with van der Waals surface area (Å²) >= 11 is 0. The van der Waals surface area contributed by atoms with Gasteiger partial charge in [-0.25, -0.2) is 0 Å². The lowest BCUT2D eigenvalue weighted by molar-refractivity contribution is 0.141. The third-order valence-electron chi connectivity index (χ3n) is 1.46. The van der Waals surface area contributed by atoms with E-state index in [1.165, 1.54) is 6.26 Å². The van der Waals surface area contributed by atoms with Crippen LogP contribution >= 0.6 is 0 Å². The molecule has 10 heavy (non-hydrogen) atoms. The molecule has 4 heteroatoms. The molecule has 54 valence electrons. The molecule has 1 fully saturated rings. The molecule has 0 amide bonds. The molecule has 0 spiro atoms. The van der Waals surface area contributed by atoms with Crippen molar-refractivity contribution in [3.05, 3.63) is 12.5 Å². The van der Waals surface area contributed by atoms with Crippen molar-refractivity contribution in [1.29, 1.82) is 0 Å². The van der Waals surface area contributed by atoms with E-state index in [1.807, 2.05) is 0 Å². The molecule has 0 radical (unpaired) electrons. The quantitative estimate of drug-likeness (QED) is 0.629. The van der Waals surface area contributed by atoms with Crippen molar-refractivity contribution in [3.8, 4) is 5.75 Å². The fraction of sp³-hybridized carbons (Fsp3) is 0.500. The van der Waals surface area contributed by atoms with E-state index in [-0.39, 0.29) is 0 Å². The molecule has 1 saturated heterocycles. The highest BCUT2D eigenvalue weighted by Gasteiger charge is 2.18. The lowest BCUT2D eigenvalue weighted by atomic mass is 10.2. The van der Waals surface area contributed by atoms with Crippen molar-refractivity contribution >= 4 is 0 Å². The zero-order chi connectivity index (χ0) is 6.81. The van der Waals surface area contributed by atoms with Crippen LogP contribution in [0.4, 0.5) is 0 Å². The molecule has 0 saturated carbocycles. The van der Waals surface area contributed by atoms with E-state index in [2.05, 4.69) is 15.0 Å². The highest BCUT2D eigenvalue weighted by atomic mass is 16.5. The van der Waals surface area contributed by atoms with Gasteiger partial charge in [-0.2, -0.15) is 0 Å². The summed E-state index contributed by atoms with van der Waals surface area (Å²) in [6.07, 6.45) is 3.37. The van der Waals surface area contributed by atoms with Crippen molar-refractivity contribution in [2.75, 3.05) is 13.1 Å². The van der Waals surface area contributed by atoms with Crippen molar-refractivity contribution in [2.45, 2.75) is 6.10 Å². The third kappa shape index (κ3) is 0.974. The van der Waals surface area contributed by atoms with E-state index in [0.717, 1.165) is 13.1 Å². The van der Waals surface area contributed by atoms with Gasteiger partial charge in [-0.15, -0.1) is 0 Å². The number of nitrogens with one attached hydrogen (secondary N) is 1. The van der Waals surface area contributed by atoms with Gasteiger partial charge in [0.2, 0.25) is 0 Å². The monoisotopic (exact) mass is 140 g/mol. The summed E-state index contributed by atoms with van der Waals surface area (Å²) in [5.74, 6) is 0.714. The van der Waals surface area contributed by atoms with Gasteiger partial charge in [0.15, 0.2) is 12.0 Å². The maximum atomic E-state index is 5.37.